The number of amides is 1. The highest BCUT2D eigenvalue weighted by Gasteiger charge is 2.21. The number of benzene rings is 1. The lowest BCUT2D eigenvalue weighted by atomic mass is 10.3. The van der Waals surface area contributed by atoms with Gasteiger partial charge in [0.25, 0.3) is 5.56 Å². The van der Waals surface area contributed by atoms with E-state index in [9.17, 15) is 14.4 Å². The minimum absolute atomic E-state index is 0.0394. The number of rotatable bonds is 5. The summed E-state index contributed by atoms with van der Waals surface area (Å²) in [5, 5.41) is 8.46. The number of halogens is 1. The molecule has 3 aromatic rings. The first-order valence-corrected chi connectivity index (χ1v) is 9.89. The Morgan fingerprint density at radius 1 is 1.17 bits per heavy atom. The van der Waals surface area contributed by atoms with Crippen molar-refractivity contribution in [2.45, 2.75) is 25.7 Å². The Morgan fingerprint density at radius 2 is 1.87 bits per heavy atom. The molecule has 156 valence electrons. The Hall–Kier alpha value is -3.27. The largest absolute Gasteiger partial charge is 0.351 e. The molecule has 4 rings (SSSR count). The summed E-state index contributed by atoms with van der Waals surface area (Å²) in [6, 6.07) is 6.44. The lowest BCUT2D eigenvalue weighted by Gasteiger charge is -2.13. The van der Waals surface area contributed by atoms with Gasteiger partial charge in [0.15, 0.2) is 5.69 Å². The highest BCUT2D eigenvalue weighted by molar-refractivity contribution is 6.30. The van der Waals surface area contributed by atoms with Crippen LogP contribution in [-0.2, 0) is 18.3 Å². The summed E-state index contributed by atoms with van der Waals surface area (Å²) in [5.74, 6) is 0.227. The predicted molar refractivity (Wildman–Crippen MR) is 108 cm³/mol. The second-order valence-corrected chi connectivity index (χ2v) is 7.42. The molecule has 1 aromatic carbocycles. The average molecular weight is 431 g/mol. The van der Waals surface area contributed by atoms with Crippen LogP contribution in [-0.4, -0.2) is 48.4 Å². The standard InChI is InChI=1S/C19H19ClN6O4/c1-24-18(28)16(22-26(19(24)29)13-6-4-12(20)5-7-13)17-21-14(30-23-17)8-9-15(27)25-10-2-3-11-25/h4-7H,2-3,8-11H2,1H3. The number of carbonyl (C=O) groups excluding carboxylic acids is 1. The van der Waals surface area contributed by atoms with E-state index in [1.54, 1.807) is 24.3 Å². The van der Waals surface area contributed by atoms with Crippen molar-refractivity contribution in [1.82, 2.24) is 29.4 Å². The summed E-state index contributed by atoms with van der Waals surface area (Å²) in [7, 11) is 1.35. The van der Waals surface area contributed by atoms with Gasteiger partial charge in [0.1, 0.15) is 0 Å². The Morgan fingerprint density at radius 3 is 2.57 bits per heavy atom. The summed E-state index contributed by atoms with van der Waals surface area (Å²) in [6.07, 6.45) is 2.56. The first-order chi connectivity index (χ1) is 14.4. The summed E-state index contributed by atoms with van der Waals surface area (Å²) in [5.41, 5.74) is -0.967. The van der Waals surface area contributed by atoms with E-state index < -0.39 is 11.2 Å². The van der Waals surface area contributed by atoms with Gasteiger partial charge in [0, 0.05) is 38.0 Å². The number of aryl methyl sites for hydroxylation is 1. The van der Waals surface area contributed by atoms with Crippen LogP contribution in [0, 0.1) is 0 Å². The maximum atomic E-state index is 12.6. The van der Waals surface area contributed by atoms with Gasteiger partial charge < -0.3 is 9.42 Å². The zero-order chi connectivity index (χ0) is 21.3. The van der Waals surface area contributed by atoms with Crippen LogP contribution < -0.4 is 11.2 Å². The molecule has 2 aromatic heterocycles. The summed E-state index contributed by atoms with van der Waals surface area (Å²) in [6.45, 7) is 1.56. The number of nitrogens with zero attached hydrogens (tertiary/aromatic N) is 6. The molecular weight excluding hydrogens is 412 g/mol. The van der Waals surface area contributed by atoms with E-state index in [4.69, 9.17) is 16.1 Å². The number of carbonyl (C=O) groups is 1. The third-order valence-electron chi connectivity index (χ3n) is 4.94. The Kier molecular flexibility index (Phi) is 5.49. The normalized spacial score (nSPS) is 13.7. The molecule has 0 saturated carbocycles. The molecule has 0 unspecified atom stereocenters. The van der Waals surface area contributed by atoms with E-state index in [1.807, 2.05) is 4.90 Å². The van der Waals surface area contributed by atoms with Crippen LogP contribution in [0.5, 0.6) is 0 Å². The first kappa shape index (κ1) is 20.0. The Balaban J connectivity index is 1.61. The van der Waals surface area contributed by atoms with Gasteiger partial charge >= 0.3 is 5.69 Å². The van der Waals surface area contributed by atoms with Crippen LogP contribution in [0.1, 0.15) is 25.2 Å². The second kappa shape index (κ2) is 8.23. The minimum Gasteiger partial charge on any atom is -0.343 e. The van der Waals surface area contributed by atoms with Crippen LogP contribution in [0.2, 0.25) is 5.02 Å². The molecule has 1 saturated heterocycles. The maximum absolute atomic E-state index is 12.6. The van der Waals surface area contributed by atoms with Gasteiger partial charge in [-0.2, -0.15) is 14.8 Å². The molecule has 30 heavy (non-hydrogen) atoms. The molecule has 1 amide bonds. The first-order valence-electron chi connectivity index (χ1n) is 9.51. The third-order valence-corrected chi connectivity index (χ3v) is 5.19. The van der Waals surface area contributed by atoms with Crippen LogP contribution in [0.4, 0.5) is 0 Å². The maximum Gasteiger partial charge on any atom is 0.351 e. The molecule has 0 atom stereocenters. The van der Waals surface area contributed by atoms with E-state index in [1.165, 1.54) is 7.05 Å². The molecule has 0 radical (unpaired) electrons. The van der Waals surface area contributed by atoms with Crippen LogP contribution >= 0.6 is 11.6 Å². The third kappa shape index (κ3) is 3.90. The van der Waals surface area contributed by atoms with Crippen molar-refractivity contribution in [3.05, 3.63) is 56.0 Å². The van der Waals surface area contributed by atoms with E-state index in [-0.39, 0.29) is 36.2 Å². The van der Waals surface area contributed by atoms with Gasteiger partial charge in [0.2, 0.25) is 17.6 Å². The van der Waals surface area contributed by atoms with Crippen molar-refractivity contribution in [3.63, 3.8) is 0 Å². The van der Waals surface area contributed by atoms with Gasteiger partial charge in [-0.1, -0.05) is 16.8 Å². The molecule has 10 nitrogen and oxygen atoms in total. The number of likely N-dealkylation sites (tertiary alicyclic amines) is 1. The minimum atomic E-state index is -0.647. The lowest BCUT2D eigenvalue weighted by molar-refractivity contribution is -0.130. The van der Waals surface area contributed by atoms with Crippen molar-refractivity contribution in [2.75, 3.05) is 13.1 Å². The number of hydrogen-bond acceptors (Lipinski definition) is 7. The summed E-state index contributed by atoms with van der Waals surface area (Å²) >= 11 is 5.90. The van der Waals surface area contributed by atoms with E-state index in [0.717, 1.165) is 35.2 Å². The molecule has 0 spiro atoms. The highest BCUT2D eigenvalue weighted by Crippen LogP contribution is 2.14. The van der Waals surface area contributed by atoms with Crippen molar-refractivity contribution >= 4 is 17.5 Å². The van der Waals surface area contributed by atoms with Gasteiger partial charge in [-0.15, -0.1) is 0 Å². The van der Waals surface area contributed by atoms with Gasteiger partial charge in [0.05, 0.1) is 5.69 Å². The van der Waals surface area contributed by atoms with E-state index >= 15 is 0 Å². The highest BCUT2D eigenvalue weighted by atomic mass is 35.5. The monoisotopic (exact) mass is 430 g/mol. The van der Waals surface area contributed by atoms with E-state index in [2.05, 4.69) is 15.2 Å². The van der Waals surface area contributed by atoms with Crippen LogP contribution in [0.3, 0.4) is 0 Å². The fourth-order valence-electron chi connectivity index (χ4n) is 3.26. The van der Waals surface area contributed by atoms with Crippen molar-refractivity contribution in [3.8, 4) is 17.2 Å². The van der Waals surface area contributed by atoms with Gasteiger partial charge in [-0.25, -0.2) is 4.79 Å². The van der Waals surface area contributed by atoms with E-state index in [0.29, 0.717) is 10.7 Å². The molecular formula is C19H19ClN6O4. The second-order valence-electron chi connectivity index (χ2n) is 6.98. The zero-order valence-corrected chi connectivity index (χ0v) is 17.0. The molecule has 3 heterocycles. The molecule has 0 N–H and O–H groups in total. The fraction of sp³-hybridized carbons (Fsp3) is 0.368. The number of aromatic nitrogens is 5. The zero-order valence-electron chi connectivity index (χ0n) is 16.2. The Labute approximate surface area is 175 Å². The average Bonchev–Trinajstić information content (AvgIpc) is 3.44. The van der Waals surface area contributed by atoms with Gasteiger partial charge in [-0.05, 0) is 37.1 Å². The molecule has 1 aliphatic heterocycles. The molecule has 1 aliphatic rings. The van der Waals surface area contributed by atoms with Crippen molar-refractivity contribution in [2.24, 2.45) is 7.05 Å². The number of hydrogen-bond donors (Lipinski definition) is 0. The fourth-order valence-corrected chi connectivity index (χ4v) is 3.38. The SMILES string of the molecule is Cn1c(=O)c(-c2noc(CCC(=O)N3CCCC3)n2)nn(-c2ccc(Cl)cc2)c1=O. The van der Waals surface area contributed by atoms with Crippen molar-refractivity contribution < 1.29 is 9.32 Å². The summed E-state index contributed by atoms with van der Waals surface area (Å²) in [4.78, 5) is 43.2. The summed E-state index contributed by atoms with van der Waals surface area (Å²) < 4.78 is 7.18. The quantitative estimate of drug-likeness (QED) is 0.596. The molecule has 0 aliphatic carbocycles. The molecule has 0 bridgehead atoms. The smallest absolute Gasteiger partial charge is 0.343 e. The lowest BCUT2D eigenvalue weighted by Crippen LogP contribution is -2.40. The molecule has 11 heteroatoms. The van der Waals surface area contributed by atoms with Crippen molar-refractivity contribution in [1.29, 1.82) is 0 Å². The molecule has 1 fully saturated rings. The van der Waals surface area contributed by atoms with Gasteiger partial charge in [-0.3, -0.25) is 14.2 Å². The van der Waals surface area contributed by atoms with Crippen LogP contribution in [0.25, 0.3) is 17.2 Å². The Bertz CT molecular complexity index is 1190. The topological polar surface area (TPSA) is 116 Å². The van der Waals surface area contributed by atoms with Crippen LogP contribution in [0.15, 0.2) is 38.4 Å². The predicted octanol–water partition coefficient (Wildman–Crippen LogP) is 1.19.